The third-order valence-electron chi connectivity index (χ3n) is 5.39. The van der Waals surface area contributed by atoms with E-state index in [1.807, 2.05) is 6.92 Å². The van der Waals surface area contributed by atoms with Gasteiger partial charge in [-0.2, -0.15) is 0 Å². The fraction of sp³-hybridized carbons (Fsp3) is 0.333. The summed E-state index contributed by atoms with van der Waals surface area (Å²) in [5.41, 5.74) is 2.33. The van der Waals surface area contributed by atoms with Crippen LogP contribution in [0.5, 0.6) is 0 Å². The molecule has 0 fully saturated rings. The fourth-order valence-corrected chi connectivity index (χ4v) is 3.62. The first-order valence-corrected chi connectivity index (χ1v) is 11.4. The Kier molecular flexibility index (Phi) is 8.33. The third kappa shape index (κ3) is 6.21. The highest BCUT2D eigenvalue weighted by Crippen LogP contribution is 2.19. The van der Waals surface area contributed by atoms with Gasteiger partial charge < -0.3 is 40.1 Å². The number of amides is 4. The minimum atomic E-state index is -0.427. The molecule has 0 aliphatic rings. The van der Waals surface area contributed by atoms with Crippen molar-refractivity contribution in [2.75, 3.05) is 29.1 Å². The van der Waals surface area contributed by atoms with Crippen molar-refractivity contribution in [1.82, 2.24) is 19.0 Å². The number of rotatable bonds is 10. The lowest BCUT2D eigenvalue weighted by molar-refractivity contribution is -0.116. The minimum absolute atomic E-state index is 0.0401. The van der Waals surface area contributed by atoms with E-state index in [0.717, 1.165) is 6.42 Å². The first-order valence-electron chi connectivity index (χ1n) is 11.4. The number of nitrogens with zero attached hydrogens (tertiary/aromatic N) is 3. The van der Waals surface area contributed by atoms with E-state index in [4.69, 9.17) is 5.11 Å². The van der Waals surface area contributed by atoms with Gasteiger partial charge in [0.05, 0.1) is 30.1 Å². The first kappa shape index (κ1) is 26.3. The Morgan fingerprint density at radius 2 is 1.14 bits per heavy atom. The number of hydrogen-bond donors (Lipinski definition) is 5. The van der Waals surface area contributed by atoms with Crippen molar-refractivity contribution in [3.8, 4) is 0 Å². The standard InChI is InChI=1S/C24H31N7O5/c1-5-7-25-22(34)18-10-16(13-29(18)2)27-24(36)20-11-17(14-31(20)4)28-23(35)19-9-15(12-30(19)3)26-21(33)6-8-32/h9-14,32H,5-8H2,1-4H3,(H,25,34)(H,26,33)(H,27,36)(H,28,35). The highest BCUT2D eigenvalue weighted by Gasteiger charge is 2.18. The van der Waals surface area contributed by atoms with Crippen LogP contribution in [-0.4, -0.2) is 55.6 Å². The van der Waals surface area contributed by atoms with E-state index in [1.165, 1.54) is 12.1 Å². The van der Waals surface area contributed by atoms with E-state index >= 15 is 0 Å². The average molecular weight is 498 g/mol. The molecule has 5 N–H and O–H groups in total. The summed E-state index contributed by atoms with van der Waals surface area (Å²) in [7, 11) is 5.06. The smallest absolute Gasteiger partial charge is 0.272 e. The summed E-state index contributed by atoms with van der Waals surface area (Å²) >= 11 is 0. The number of aliphatic hydroxyl groups is 1. The number of carbonyl (C=O) groups is 4. The average Bonchev–Trinajstić information content (AvgIpc) is 3.48. The molecule has 0 atom stereocenters. The second kappa shape index (κ2) is 11.4. The van der Waals surface area contributed by atoms with Gasteiger partial charge in [-0.15, -0.1) is 0 Å². The molecule has 3 heterocycles. The molecule has 0 saturated heterocycles. The normalized spacial score (nSPS) is 10.7. The molecule has 0 bridgehead atoms. The molecule has 192 valence electrons. The molecule has 3 aromatic heterocycles. The van der Waals surface area contributed by atoms with Gasteiger partial charge in [0.2, 0.25) is 5.91 Å². The van der Waals surface area contributed by atoms with Crippen molar-refractivity contribution in [3.63, 3.8) is 0 Å². The molecule has 3 aromatic rings. The molecule has 4 amide bonds. The van der Waals surface area contributed by atoms with Crippen LogP contribution in [0.15, 0.2) is 36.8 Å². The predicted molar refractivity (Wildman–Crippen MR) is 135 cm³/mol. The number of anilines is 3. The van der Waals surface area contributed by atoms with Gasteiger partial charge in [-0.1, -0.05) is 6.92 Å². The molecule has 12 heteroatoms. The summed E-state index contributed by atoms with van der Waals surface area (Å²) in [6, 6.07) is 4.66. The Morgan fingerprint density at radius 3 is 1.56 bits per heavy atom. The second-order valence-electron chi connectivity index (χ2n) is 8.36. The van der Waals surface area contributed by atoms with Crippen LogP contribution in [0.1, 0.15) is 51.2 Å². The SMILES string of the molecule is CCCNC(=O)c1cc(NC(=O)c2cc(NC(=O)c3cc(NC(=O)CCO)cn3C)cn2C)cn1C. The molecule has 0 spiro atoms. The Hall–Kier alpha value is -4.32. The van der Waals surface area contributed by atoms with Gasteiger partial charge in [-0.25, -0.2) is 0 Å². The van der Waals surface area contributed by atoms with Gasteiger partial charge in [0, 0.05) is 46.3 Å². The molecule has 0 radical (unpaired) electrons. The maximum absolute atomic E-state index is 12.9. The molecular formula is C24H31N7O5. The summed E-state index contributed by atoms with van der Waals surface area (Å²) in [5.74, 6) is -1.42. The van der Waals surface area contributed by atoms with E-state index in [2.05, 4.69) is 21.3 Å². The van der Waals surface area contributed by atoms with Crippen molar-refractivity contribution < 1.29 is 24.3 Å². The Balaban J connectivity index is 1.67. The van der Waals surface area contributed by atoms with E-state index < -0.39 is 11.8 Å². The number of aromatic nitrogens is 3. The Morgan fingerprint density at radius 1 is 0.722 bits per heavy atom. The fourth-order valence-electron chi connectivity index (χ4n) is 3.62. The van der Waals surface area contributed by atoms with Crippen LogP contribution in [0, 0.1) is 0 Å². The zero-order valence-electron chi connectivity index (χ0n) is 20.7. The zero-order valence-corrected chi connectivity index (χ0v) is 20.7. The maximum Gasteiger partial charge on any atom is 0.272 e. The van der Waals surface area contributed by atoms with Crippen molar-refractivity contribution >= 4 is 40.7 Å². The van der Waals surface area contributed by atoms with E-state index in [9.17, 15) is 19.2 Å². The highest BCUT2D eigenvalue weighted by atomic mass is 16.3. The summed E-state index contributed by atoms with van der Waals surface area (Å²) < 4.78 is 4.77. The summed E-state index contributed by atoms with van der Waals surface area (Å²) in [6.45, 7) is 2.26. The van der Waals surface area contributed by atoms with Crippen LogP contribution in [0.25, 0.3) is 0 Å². The molecule has 0 unspecified atom stereocenters. The van der Waals surface area contributed by atoms with E-state index in [0.29, 0.717) is 40.7 Å². The van der Waals surface area contributed by atoms with Crippen molar-refractivity contribution in [2.45, 2.75) is 19.8 Å². The van der Waals surface area contributed by atoms with Gasteiger partial charge in [-0.3, -0.25) is 19.2 Å². The van der Waals surface area contributed by atoms with Crippen molar-refractivity contribution in [3.05, 3.63) is 53.9 Å². The van der Waals surface area contributed by atoms with Gasteiger partial charge in [0.1, 0.15) is 17.1 Å². The second-order valence-corrected chi connectivity index (χ2v) is 8.36. The molecule has 0 aliphatic heterocycles. The topological polar surface area (TPSA) is 151 Å². The van der Waals surface area contributed by atoms with E-state index in [-0.39, 0.29) is 24.8 Å². The quantitative estimate of drug-likeness (QED) is 0.289. The van der Waals surface area contributed by atoms with Crippen LogP contribution in [0.2, 0.25) is 0 Å². The van der Waals surface area contributed by atoms with Crippen molar-refractivity contribution in [1.29, 1.82) is 0 Å². The van der Waals surface area contributed by atoms with Crippen LogP contribution < -0.4 is 21.3 Å². The Bertz CT molecular complexity index is 1280. The number of nitrogens with one attached hydrogen (secondary N) is 4. The minimum Gasteiger partial charge on any atom is -0.396 e. The van der Waals surface area contributed by atoms with Crippen LogP contribution >= 0.6 is 0 Å². The lowest BCUT2D eigenvalue weighted by Crippen LogP contribution is -2.25. The van der Waals surface area contributed by atoms with Crippen LogP contribution in [0.4, 0.5) is 17.1 Å². The summed E-state index contributed by atoms with van der Waals surface area (Å²) in [5, 5.41) is 19.8. The molecule has 12 nitrogen and oxygen atoms in total. The lowest BCUT2D eigenvalue weighted by Gasteiger charge is -2.03. The van der Waals surface area contributed by atoms with Gasteiger partial charge in [0.15, 0.2) is 0 Å². The number of hydrogen-bond acceptors (Lipinski definition) is 5. The number of aryl methyl sites for hydroxylation is 3. The van der Waals surface area contributed by atoms with Gasteiger partial charge in [-0.05, 0) is 24.6 Å². The van der Waals surface area contributed by atoms with E-state index in [1.54, 1.807) is 59.5 Å². The zero-order chi connectivity index (χ0) is 26.4. The predicted octanol–water partition coefficient (Wildman–Crippen LogP) is 1.67. The molecule has 0 aromatic carbocycles. The monoisotopic (exact) mass is 497 g/mol. The van der Waals surface area contributed by atoms with Crippen LogP contribution in [-0.2, 0) is 25.9 Å². The number of aliphatic hydroxyl groups excluding tert-OH is 1. The largest absolute Gasteiger partial charge is 0.396 e. The summed E-state index contributed by atoms with van der Waals surface area (Å²) in [4.78, 5) is 49.6. The molecule has 0 saturated carbocycles. The molecular weight excluding hydrogens is 466 g/mol. The summed E-state index contributed by atoms with van der Waals surface area (Å²) in [6.07, 6.45) is 5.62. The molecule has 3 rings (SSSR count). The highest BCUT2D eigenvalue weighted by molar-refractivity contribution is 6.07. The molecule has 36 heavy (non-hydrogen) atoms. The number of carbonyl (C=O) groups excluding carboxylic acids is 4. The van der Waals surface area contributed by atoms with Crippen LogP contribution in [0.3, 0.4) is 0 Å². The third-order valence-corrected chi connectivity index (χ3v) is 5.39. The lowest BCUT2D eigenvalue weighted by atomic mass is 10.3. The van der Waals surface area contributed by atoms with Gasteiger partial charge >= 0.3 is 0 Å². The molecule has 0 aliphatic carbocycles. The Labute approximate surface area is 208 Å². The van der Waals surface area contributed by atoms with Crippen molar-refractivity contribution in [2.24, 2.45) is 21.1 Å². The maximum atomic E-state index is 12.9. The first-order chi connectivity index (χ1) is 17.1. The van der Waals surface area contributed by atoms with Gasteiger partial charge in [0.25, 0.3) is 17.7 Å².